The van der Waals surface area contributed by atoms with Gasteiger partial charge in [-0.3, -0.25) is 0 Å². The van der Waals surface area contributed by atoms with Gasteiger partial charge < -0.3 is 4.74 Å². The monoisotopic (exact) mass is 246 g/mol. The Morgan fingerprint density at radius 3 is 2.47 bits per heavy atom. The number of ether oxygens (including phenoxy) is 1. The van der Waals surface area contributed by atoms with E-state index in [9.17, 15) is 0 Å². The van der Waals surface area contributed by atoms with Gasteiger partial charge in [0.25, 0.3) is 0 Å². The molecule has 1 nitrogen and oxygen atoms in total. The molecule has 0 amide bonds. The molecular formula is C12H16Cl2O. The van der Waals surface area contributed by atoms with Crippen LogP contribution in [0.15, 0.2) is 24.3 Å². The summed E-state index contributed by atoms with van der Waals surface area (Å²) in [4.78, 5) is 0. The first-order valence-corrected chi connectivity index (χ1v) is 6.05. The molecule has 0 radical (unpaired) electrons. The zero-order valence-corrected chi connectivity index (χ0v) is 10.4. The molecular weight excluding hydrogens is 231 g/mol. The van der Waals surface area contributed by atoms with Crippen LogP contribution in [0.4, 0.5) is 0 Å². The van der Waals surface area contributed by atoms with Gasteiger partial charge in [-0.15, -0.1) is 11.6 Å². The van der Waals surface area contributed by atoms with E-state index >= 15 is 0 Å². The fraction of sp³-hybridized carbons (Fsp3) is 0.500. The molecule has 15 heavy (non-hydrogen) atoms. The summed E-state index contributed by atoms with van der Waals surface area (Å²) in [5.41, 5.74) is 1.25. The summed E-state index contributed by atoms with van der Waals surface area (Å²) in [6.45, 7) is 3.46. The molecule has 84 valence electrons. The van der Waals surface area contributed by atoms with E-state index in [0.717, 1.165) is 24.7 Å². The van der Waals surface area contributed by atoms with Crippen LogP contribution in [0.2, 0.25) is 5.02 Å². The van der Waals surface area contributed by atoms with Crippen molar-refractivity contribution in [3.8, 4) is 0 Å². The van der Waals surface area contributed by atoms with Crippen molar-refractivity contribution in [2.45, 2.75) is 13.3 Å². The fourth-order valence-electron chi connectivity index (χ4n) is 1.40. The molecule has 0 aliphatic heterocycles. The minimum Gasteiger partial charge on any atom is -0.381 e. The van der Waals surface area contributed by atoms with Crippen LogP contribution >= 0.6 is 23.2 Å². The number of alkyl halides is 1. The van der Waals surface area contributed by atoms with Crippen LogP contribution in [0, 0.1) is 5.92 Å². The molecule has 0 bridgehead atoms. The molecule has 1 rings (SSSR count). The second-order valence-corrected chi connectivity index (χ2v) is 4.26. The zero-order chi connectivity index (χ0) is 11.1. The maximum atomic E-state index is 5.88. The molecule has 1 atom stereocenters. The van der Waals surface area contributed by atoms with E-state index in [-0.39, 0.29) is 0 Å². The van der Waals surface area contributed by atoms with E-state index < -0.39 is 0 Å². The number of hydrogen-bond acceptors (Lipinski definition) is 1. The third-order valence-corrected chi connectivity index (χ3v) is 2.90. The van der Waals surface area contributed by atoms with Crippen molar-refractivity contribution in [2.75, 3.05) is 19.1 Å². The largest absolute Gasteiger partial charge is 0.381 e. The Balaban J connectivity index is 2.47. The lowest BCUT2D eigenvalue weighted by molar-refractivity contribution is 0.117. The minimum absolute atomic E-state index is 0.382. The molecule has 0 heterocycles. The van der Waals surface area contributed by atoms with Crippen LogP contribution < -0.4 is 0 Å². The Morgan fingerprint density at radius 1 is 1.27 bits per heavy atom. The van der Waals surface area contributed by atoms with E-state index in [1.165, 1.54) is 5.56 Å². The maximum Gasteiger partial charge on any atom is 0.0508 e. The molecule has 0 spiro atoms. The van der Waals surface area contributed by atoms with E-state index in [1.807, 2.05) is 31.2 Å². The quantitative estimate of drug-likeness (QED) is 0.695. The summed E-state index contributed by atoms with van der Waals surface area (Å²) >= 11 is 11.7. The van der Waals surface area contributed by atoms with Crippen molar-refractivity contribution < 1.29 is 4.74 Å². The Bertz CT molecular complexity index is 271. The number of halogens is 2. The van der Waals surface area contributed by atoms with Gasteiger partial charge in [-0.05, 0) is 37.0 Å². The molecule has 1 aromatic rings. The SMILES string of the molecule is CCOCC(CCl)Cc1ccc(Cl)cc1. The molecule has 1 unspecified atom stereocenters. The highest BCUT2D eigenvalue weighted by molar-refractivity contribution is 6.30. The Labute approximate surface area is 101 Å². The molecule has 0 saturated carbocycles. The van der Waals surface area contributed by atoms with Gasteiger partial charge in [0.15, 0.2) is 0 Å². The lowest BCUT2D eigenvalue weighted by Gasteiger charge is -2.13. The predicted molar refractivity (Wildman–Crippen MR) is 65.9 cm³/mol. The van der Waals surface area contributed by atoms with E-state index in [1.54, 1.807) is 0 Å². The predicted octanol–water partition coefficient (Wildman–Crippen LogP) is 3.77. The minimum atomic E-state index is 0.382. The lowest BCUT2D eigenvalue weighted by atomic mass is 10.0. The highest BCUT2D eigenvalue weighted by Crippen LogP contribution is 2.14. The van der Waals surface area contributed by atoms with Gasteiger partial charge in [0.05, 0.1) is 6.61 Å². The van der Waals surface area contributed by atoms with Crippen molar-refractivity contribution >= 4 is 23.2 Å². The summed E-state index contributed by atoms with van der Waals surface area (Å²) in [6.07, 6.45) is 0.945. The smallest absolute Gasteiger partial charge is 0.0508 e. The van der Waals surface area contributed by atoms with Gasteiger partial charge in [0.1, 0.15) is 0 Å². The van der Waals surface area contributed by atoms with E-state index in [0.29, 0.717) is 11.8 Å². The van der Waals surface area contributed by atoms with Crippen LogP contribution in [0.5, 0.6) is 0 Å². The standard InChI is InChI=1S/C12H16Cl2O/c1-2-15-9-11(8-13)7-10-3-5-12(14)6-4-10/h3-6,11H,2,7-9H2,1H3. The lowest BCUT2D eigenvalue weighted by Crippen LogP contribution is -2.14. The first-order chi connectivity index (χ1) is 7.26. The van der Waals surface area contributed by atoms with Crippen molar-refractivity contribution in [3.05, 3.63) is 34.9 Å². The Hall–Kier alpha value is -0.240. The number of rotatable bonds is 6. The topological polar surface area (TPSA) is 9.23 Å². The number of hydrogen-bond donors (Lipinski definition) is 0. The van der Waals surface area contributed by atoms with Gasteiger partial charge in [-0.2, -0.15) is 0 Å². The first kappa shape index (κ1) is 12.8. The van der Waals surface area contributed by atoms with Gasteiger partial charge in [-0.25, -0.2) is 0 Å². The maximum absolute atomic E-state index is 5.88. The van der Waals surface area contributed by atoms with Crippen LogP contribution in [0.25, 0.3) is 0 Å². The molecule has 1 aromatic carbocycles. The summed E-state index contributed by atoms with van der Waals surface area (Å²) in [5.74, 6) is 1.01. The van der Waals surface area contributed by atoms with Crippen LogP contribution in [0.1, 0.15) is 12.5 Å². The van der Waals surface area contributed by atoms with Gasteiger partial charge in [0.2, 0.25) is 0 Å². The highest BCUT2D eigenvalue weighted by atomic mass is 35.5. The van der Waals surface area contributed by atoms with E-state index in [4.69, 9.17) is 27.9 Å². The van der Waals surface area contributed by atoms with Gasteiger partial charge in [-0.1, -0.05) is 23.7 Å². The molecule has 0 aromatic heterocycles. The molecule has 0 aliphatic carbocycles. The first-order valence-electron chi connectivity index (χ1n) is 5.14. The molecule has 0 saturated heterocycles. The summed E-state index contributed by atoms with van der Waals surface area (Å²) in [7, 11) is 0. The Kier molecular flexibility index (Phi) is 6.07. The molecule has 0 fully saturated rings. The van der Waals surface area contributed by atoms with Gasteiger partial charge >= 0.3 is 0 Å². The summed E-state index contributed by atoms with van der Waals surface area (Å²) < 4.78 is 5.37. The van der Waals surface area contributed by atoms with Crippen LogP contribution in [0.3, 0.4) is 0 Å². The van der Waals surface area contributed by atoms with Crippen molar-refractivity contribution in [2.24, 2.45) is 5.92 Å². The average molecular weight is 247 g/mol. The fourth-order valence-corrected chi connectivity index (χ4v) is 1.72. The molecule has 0 aliphatic rings. The highest BCUT2D eigenvalue weighted by Gasteiger charge is 2.08. The third kappa shape index (κ3) is 4.87. The molecule has 0 N–H and O–H groups in total. The number of benzene rings is 1. The van der Waals surface area contributed by atoms with Crippen molar-refractivity contribution in [1.29, 1.82) is 0 Å². The van der Waals surface area contributed by atoms with Crippen molar-refractivity contribution in [3.63, 3.8) is 0 Å². The van der Waals surface area contributed by atoms with Crippen LogP contribution in [-0.4, -0.2) is 19.1 Å². The van der Waals surface area contributed by atoms with E-state index in [2.05, 4.69) is 0 Å². The summed E-state index contributed by atoms with van der Waals surface area (Å²) in [6, 6.07) is 7.88. The van der Waals surface area contributed by atoms with Crippen molar-refractivity contribution in [1.82, 2.24) is 0 Å². The molecule has 3 heteroatoms. The van der Waals surface area contributed by atoms with Gasteiger partial charge in [0, 0.05) is 17.5 Å². The van der Waals surface area contributed by atoms with Crippen LogP contribution in [-0.2, 0) is 11.2 Å². The Morgan fingerprint density at radius 2 is 1.93 bits per heavy atom. The second-order valence-electron chi connectivity index (χ2n) is 3.51. The zero-order valence-electron chi connectivity index (χ0n) is 8.88. The third-order valence-electron chi connectivity index (χ3n) is 2.21. The average Bonchev–Trinajstić information content (AvgIpc) is 2.27. The summed E-state index contributed by atoms with van der Waals surface area (Å²) in [5, 5.41) is 0.769. The normalized spacial score (nSPS) is 12.7. The second kappa shape index (κ2) is 7.10.